The van der Waals surface area contributed by atoms with E-state index in [-0.39, 0.29) is 0 Å². The van der Waals surface area contributed by atoms with Crippen LogP contribution in [-0.4, -0.2) is 27.5 Å². The van der Waals surface area contributed by atoms with Crippen LogP contribution in [0.25, 0.3) is 16.9 Å². The smallest absolute Gasteiger partial charge is 0.215 e. The molecular formula is C15H13BrClN3O. The third-order valence-corrected chi connectivity index (χ3v) is 3.82. The number of nitrogens with zero attached hydrogens (tertiary/aromatic N) is 3. The van der Waals surface area contributed by atoms with E-state index in [1.54, 1.807) is 7.11 Å². The van der Waals surface area contributed by atoms with Crippen LogP contribution in [0.5, 0.6) is 5.88 Å². The molecule has 0 spiro atoms. The number of alkyl halides is 1. The molecule has 3 aromatic rings. The molecule has 0 aliphatic heterocycles. The van der Waals surface area contributed by atoms with E-state index in [0.29, 0.717) is 18.2 Å². The van der Waals surface area contributed by atoms with Gasteiger partial charge < -0.3 is 4.74 Å². The van der Waals surface area contributed by atoms with Gasteiger partial charge in [0.2, 0.25) is 5.88 Å². The highest BCUT2D eigenvalue weighted by Gasteiger charge is 2.14. The molecule has 108 valence electrons. The van der Waals surface area contributed by atoms with Crippen LogP contribution in [0.4, 0.5) is 0 Å². The standard InChI is InChI=1S/C15H13BrClN3O/c1-21-14-6-5-12-15(19-14)20(13(18-12)7-8-17)11-4-2-3-10(16)9-11/h2-6,9H,7-8H2,1H3. The molecule has 0 unspecified atom stereocenters. The Morgan fingerprint density at radius 2 is 2.10 bits per heavy atom. The van der Waals surface area contributed by atoms with Crippen LogP contribution >= 0.6 is 27.5 Å². The number of pyridine rings is 1. The van der Waals surface area contributed by atoms with Gasteiger partial charge in [-0.25, -0.2) is 4.98 Å². The highest BCUT2D eigenvalue weighted by molar-refractivity contribution is 9.10. The van der Waals surface area contributed by atoms with Crippen LogP contribution < -0.4 is 4.74 Å². The minimum atomic E-state index is 0.508. The Morgan fingerprint density at radius 3 is 2.81 bits per heavy atom. The van der Waals surface area contributed by atoms with Gasteiger partial charge in [-0.3, -0.25) is 4.57 Å². The molecule has 0 aliphatic rings. The number of aromatic nitrogens is 3. The van der Waals surface area contributed by atoms with Gasteiger partial charge in [-0.05, 0) is 24.3 Å². The summed E-state index contributed by atoms with van der Waals surface area (Å²) in [5.74, 6) is 1.96. The molecule has 0 fully saturated rings. The third kappa shape index (κ3) is 2.76. The first kappa shape index (κ1) is 14.4. The maximum Gasteiger partial charge on any atom is 0.215 e. The predicted molar refractivity (Wildman–Crippen MR) is 87.5 cm³/mol. The first-order valence-electron chi connectivity index (χ1n) is 6.47. The van der Waals surface area contributed by atoms with Crippen LogP contribution in [0.3, 0.4) is 0 Å². The Morgan fingerprint density at radius 1 is 1.24 bits per heavy atom. The third-order valence-electron chi connectivity index (χ3n) is 3.14. The topological polar surface area (TPSA) is 39.9 Å². The second-order valence-electron chi connectivity index (χ2n) is 4.48. The number of imidazole rings is 1. The number of ether oxygens (including phenoxy) is 1. The van der Waals surface area contributed by atoms with E-state index < -0.39 is 0 Å². The van der Waals surface area contributed by atoms with Crippen molar-refractivity contribution in [2.24, 2.45) is 0 Å². The summed E-state index contributed by atoms with van der Waals surface area (Å²) in [6, 6.07) is 11.7. The molecular weight excluding hydrogens is 354 g/mol. The molecule has 0 aliphatic carbocycles. The Bertz CT molecular complexity index is 788. The number of benzene rings is 1. The Kier molecular flexibility index (Phi) is 4.12. The predicted octanol–water partition coefficient (Wildman–Crippen LogP) is 3.97. The van der Waals surface area contributed by atoms with Crippen molar-refractivity contribution in [2.75, 3.05) is 13.0 Å². The summed E-state index contributed by atoms with van der Waals surface area (Å²) in [6.45, 7) is 0. The van der Waals surface area contributed by atoms with Crippen molar-refractivity contribution in [3.05, 3.63) is 46.7 Å². The molecule has 3 rings (SSSR count). The molecule has 21 heavy (non-hydrogen) atoms. The van der Waals surface area contributed by atoms with Gasteiger partial charge in [-0.1, -0.05) is 22.0 Å². The van der Waals surface area contributed by atoms with Crippen molar-refractivity contribution in [3.8, 4) is 11.6 Å². The first-order chi connectivity index (χ1) is 10.2. The average molecular weight is 367 g/mol. The van der Waals surface area contributed by atoms with Crippen LogP contribution in [0.1, 0.15) is 5.82 Å². The maximum atomic E-state index is 5.91. The molecule has 2 aromatic heterocycles. The molecule has 0 amide bonds. The SMILES string of the molecule is COc1ccc2nc(CCCl)n(-c3cccc(Br)c3)c2n1. The van der Waals surface area contributed by atoms with Crippen LogP contribution in [0.15, 0.2) is 40.9 Å². The van der Waals surface area contributed by atoms with E-state index in [4.69, 9.17) is 16.3 Å². The first-order valence-corrected chi connectivity index (χ1v) is 7.80. The minimum absolute atomic E-state index is 0.508. The summed E-state index contributed by atoms with van der Waals surface area (Å²) >= 11 is 9.40. The molecule has 0 bridgehead atoms. The van der Waals surface area contributed by atoms with E-state index >= 15 is 0 Å². The van der Waals surface area contributed by atoms with E-state index in [1.807, 2.05) is 41.0 Å². The average Bonchev–Trinajstić information content (AvgIpc) is 2.84. The lowest BCUT2D eigenvalue weighted by Gasteiger charge is -2.08. The van der Waals surface area contributed by atoms with Gasteiger partial charge in [-0.2, -0.15) is 4.98 Å². The number of aryl methyl sites for hydroxylation is 1. The quantitative estimate of drug-likeness (QED) is 0.656. The number of methoxy groups -OCH3 is 1. The fraction of sp³-hybridized carbons (Fsp3) is 0.200. The van der Waals surface area contributed by atoms with Crippen molar-refractivity contribution in [1.29, 1.82) is 0 Å². The molecule has 0 saturated heterocycles. The summed E-state index contributed by atoms with van der Waals surface area (Å²) in [5, 5.41) is 0. The number of halogens is 2. The summed E-state index contributed by atoms with van der Waals surface area (Å²) in [4.78, 5) is 9.15. The molecule has 1 aromatic carbocycles. The van der Waals surface area contributed by atoms with Crippen LogP contribution in [-0.2, 0) is 6.42 Å². The lowest BCUT2D eigenvalue weighted by Crippen LogP contribution is -2.03. The molecule has 0 atom stereocenters. The maximum absolute atomic E-state index is 5.91. The number of rotatable bonds is 4. The van der Waals surface area contributed by atoms with Crippen molar-refractivity contribution in [2.45, 2.75) is 6.42 Å². The highest BCUT2D eigenvalue weighted by Crippen LogP contribution is 2.24. The fourth-order valence-electron chi connectivity index (χ4n) is 2.24. The lowest BCUT2D eigenvalue weighted by atomic mass is 10.3. The molecule has 0 radical (unpaired) electrons. The zero-order valence-electron chi connectivity index (χ0n) is 11.4. The second kappa shape index (κ2) is 6.03. The number of fused-ring (bicyclic) bond motifs is 1. The summed E-state index contributed by atoms with van der Waals surface area (Å²) in [5.41, 5.74) is 2.59. The fourth-order valence-corrected chi connectivity index (χ4v) is 2.80. The van der Waals surface area contributed by atoms with Crippen molar-refractivity contribution in [1.82, 2.24) is 14.5 Å². The normalized spacial score (nSPS) is 11.0. The molecule has 0 N–H and O–H groups in total. The molecule has 4 nitrogen and oxygen atoms in total. The van der Waals surface area contributed by atoms with Gasteiger partial charge in [0.15, 0.2) is 5.65 Å². The van der Waals surface area contributed by atoms with E-state index in [2.05, 4.69) is 25.9 Å². The lowest BCUT2D eigenvalue weighted by molar-refractivity contribution is 0.399. The summed E-state index contributed by atoms with van der Waals surface area (Å²) in [7, 11) is 1.60. The van der Waals surface area contributed by atoms with E-state index in [1.165, 1.54) is 0 Å². The molecule has 0 saturated carbocycles. The summed E-state index contributed by atoms with van der Waals surface area (Å²) < 4.78 is 8.24. The van der Waals surface area contributed by atoms with Crippen molar-refractivity contribution in [3.63, 3.8) is 0 Å². The highest BCUT2D eigenvalue weighted by atomic mass is 79.9. The van der Waals surface area contributed by atoms with Gasteiger partial charge in [0, 0.05) is 28.5 Å². The Hall–Kier alpha value is -1.59. The zero-order chi connectivity index (χ0) is 14.8. The molecule has 6 heteroatoms. The zero-order valence-corrected chi connectivity index (χ0v) is 13.7. The van der Waals surface area contributed by atoms with Gasteiger partial charge in [-0.15, -0.1) is 11.6 Å². The Balaban J connectivity index is 2.28. The van der Waals surface area contributed by atoms with Crippen molar-refractivity contribution < 1.29 is 4.74 Å². The number of hydrogen-bond donors (Lipinski definition) is 0. The van der Waals surface area contributed by atoms with Crippen LogP contribution in [0, 0.1) is 0 Å². The number of hydrogen-bond acceptors (Lipinski definition) is 3. The van der Waals surface area contributed by atoms with E-state index in [0.717, 1.165) is 27.1 Å². The monoisotopic (exact) mass is 365 g/mol. The largest absolute Gasteiger partial charge is 0.481 e. The Labute approximate surface area is 135 Å². The van der Waals surface area contributed by atoms with Gasteiger partial charge >= 0.3 is 0 Å². The van der Waals surface area contributed by atoms with Gasteiger partial charge in [0.1, 0.15) is 11.3 Å². The second-order valence-corrected chi connectivity index (χ2v) is 5.77. The van der Waals surface area contributed by atoms with Gasteiger partial charge in [0.25, 0.3) is 0 Å². The summed E-state index contributed by atoms with van der Waals surface area (Å²) in [6.07, 6.45) is 0.673. The molecule has 2 heterocycles. The van der Waals surface area contributed by atoms with E-state index in [9.17, 15) is 0 Å². The van der Waals surface area contributed by atoms with Crippen LogP contribution in [0.2, 0.25) is 0 Å². The van der Waals surface area contributed by atoms with Crippen molar-refractivity contribution >= 4 is 38.7 Å². The minimum Gasteiger partial charge on any atom is -0.481 e. The van der Waals surface area contributed by atoms with Gasteiger partial charge in [0.05, 0.1) is 7.11 Å².